The molecule has 7 nitrogen and oxygen atoms in total. The molecule has 1 N–H and O–H groups in total. The highest BCUT2D eigenvalue weighted by Crippen LogP contribution is 2.36. The number of amides is 2. The number of rotatable bonds is 7. The zero-order valence-electron chi connectivity index (χ0n) is 18.0. The molecule has 1 aliphatic carbocycles. The van der Waals surface area contributed by atoms with Gasteiger partial charge in [-0.2, -0.15) is 0 Å². The SMILES string of the molecule is C[C@@H]1C[C@H](C)C(=O)[C@@H]([C@@H](CC2CC(=O)NC(=O)C2)OC(=O)CC(=O)c2ccccc2)C1. The van der Waals surface area contributed by atoms with Crippen LogP contribution in [0.3, 0.4) is 0 Å². The Morgan fingerprint density at radius 1 is 1.03 bits per heavy atom. The number of carbonyl (C=O) groups is 5. The largest absolute Gasteiger partial charge is 0.461 e. The van der Waals surface area contributed by atoms with Crippen molar-refractivity contribution in [3.05, 3.63) is 35.9 Å². The molecule has 0 aromatic heterocycles. The van der Waals surface area contributed by atoms with Crippen molar-refractivity contribution in [1.29, 1.82) is 0 Å². The fourth-order valence-electron chi connectivity index (χ4n) is 4.78. The summed E-state index contributed by atoms with van der Waals surface area (Å²) in [6.07, 6.45) is 0.742. The zero-order chi connectivity index (χ0) is 22.5. The standard InChI is InChI=1S/C24H29NO6/c1-14-8-15(2)24(30)18(9-14)20(10-16-11-21(27)25-22(28)12-16)31-23(29)13-19(26)17-6-4-3-5-7-17/h3-7,14-16,18,20H,8-13H2,1-2H3,(H,25,27,28)/t14-,15+,18-,20-/m1/s1. The minimum Gasteiger partial charge on any atom is -0.461 e. The second-order valence-corrected chi connectivity index (χ2v) is 8.96. The van der Waals surface area contributed by atoms with E-state index in [0.29, 0.717) is 17.9 Å². The Bertz CT molecular complexity index is 848. The lowest BCUT2D eigenvalue weighted by atomic mass is 9.71. The first-order chi connectivity index (χ1) is 14.7. The molecule has 1 aromatic rings. The zero-order valence-corrected chi connectivity index (χ0v) is 18.0. The second-order valence-electron chi connectivity index (χ2n) is 8.96. The van der Waals surface area contributed by atoms with Crippen LogP contribution in [-0.4, -0.2) is 35.5 Å². The molecule has 2 fully saturated rings. The quantitative estimate of drug-likeness (QED) is 0.310. The Morgan fingerprint density at radius 2 is 1.68 bits per heavy atom. The van der Waals surface area contributed by atoms with Gasteiger partial charge in [0, 0.05) is 24.3 Å². The molecule has 0 spiro atoms. The molecular formula is C24H29NO6. The molecule has 1 aromatic carbocycles. The number of Topliss-reactive ketones (excluding diaryl/α,β-unsaturated/α-hetero) is 2. The molecule has 4 atom stereocenters. The third-order valence-electron chi connectivity index (χ3n) is 6.19. The normalized spacial score (nSPS) is 25.6. The summed E-state index contributed by atoms with van der Waals surface area (Å²) in [6, 6.07) is 8.48. The molecule has 7 heteroatoms. The topological polar surface area (TPSA) is 107 Å². The van der Waals surface area contributed by atoms with Crippen LogP contribution in [0.15, 0.2) is 30.3 Å². The van der Waals surface area contributed by atoms with Gasteiger partial charge in [-0.05, 0) is 31.1 Å². The number of carbonyl (C=O) groups excluding carboxylic acids is 5. The number of hydrogen-bond acceptors (Lipinski definition) is 6. The van der Waals surface area contributed by atoms with Crippen molar-refractivity contribution in [2.75, 3.05) is 0 Å². The summed E-state index contributed by atoms with van der Waals surface area (Å²) in [4.78, 5) is 61.5. The fraction of sp³-hybridized carbons (Fsp3) is 0.542. The van der Waals surface area contributed by atoms with Crippen LogP contribution in [-0.2, 0) is 23.9 Å². The molecule has 3 rings (SSSR count). The van der Waals surface area contributed by atoms with Crippen LogP contribution in [0.2, 0.25) is 0 Å². The number of nitrogens with one attached hydrogen (secondary N) is 1. The maximum absolute atomic E-state index is 12.9. The highest BCUT2D eigenvalue weighted by Gasteiger charge is 2.41. The van der Waals surface area contributed by atoms with Crippen LogP contribution >= 0.6 is 0 Å². The van der Waals surface area contributed by atoms with Crippen LogP contribution in [0.1, 0.15) is 62.7 Å². The van der Waals surface area contributed by atoms with Crippen LogP contribution in [0.5, 0.6) is 0 Å². The number of piperidine rings is 1. The van der Waals surface area contributed by atoms with Crippen molar-refractivity contribution >= 4 is 29.4 Å². The van der Waals surface area contributed by atoms with Crippen molar-refractivity contribution in [3.63, 3.8) is 0 Å². The number of benzene rings is 1. The smallest absolute Gasteiger partial charge is 0.313 e. The maximum atomic E-state index is 12.9. The lowest BCUT2D eigenvalue weighted by Crippen LogP contribution is -2.44. The first-order valence-corrected chi connectivity index (χ1v) is 10.9. The summed E-state index contributed by atoms with van der Waals surface area (Å²) in [7, 11) is 0. The van der Waals surface area contributed by atoms with Gasteiger partial charge < -0.3 is 4.74 Å². The van der Waals surface area contributed by atoms with Gasteiger partial charge in [-0.1, -0.05) is 44.2 Å². The lowest BCUT2D eigenvalue weighted by Gasteiger charge is -2.36. The van der Waals surface area contributed by atoms with Gasteiger partial charge >= 0.3 is 5.97 Å². The first kappa shape index (κ1) is 22.8. The first-order valence-electron chi connectivity index (χ1n) is 10.9. The number of ketones is 2. The molecular weight excluding hydrogens is 398 g/mol. The Hall–Kier alpha value is -2.83. The minimum atomic E-state index is -0.752. The highest BCUT2D eigenvalue weighted by molar-refractivity contribution is 6.06. The Balaban J connectivity index is 1.73. The van der Waals surface area contributed by atoms with Crippen LogP contribution < -0.4 is 5.32 Å². The average molecular weight is 427 g/mol. The van der Waals surface area contributed by atoms with Crippen molar-refractivity contribution in [2.45, 2.75) is 58.5 Å². The van der Waals surface area contributed by atoms with E-state index < -0.39 is 24.4 Å². The van der Waals surface area contributed by atoms with Gasteiger partial charge in [0.25, 0.3) is 0 Å². The highest BCUT2D eigenvalue weighted by atomic mass is 16.5. The van der Waals surface area contributed by atoms with E-state index >= 15 is 0 Å². The van der Waals surface area contributed by atoms with Crippen molar-refractivity contribution in [3.8, 4) is 0 Å². The van der Waals surface area contributed by atoms with Crippen LogP contribution in [0.4, 0.5) is 0 Å². The molecule has 0 unspecified atom stereocenters. The van der Waals surface area contributed by atoms with Gasteiger partial charge in [0.05, 0.1) is 5.92 Å². The molecule has 0 radical (unpaired) electrons. The van der Waals surface area contributed by atoms with E-state index in [1.165, 1.54) is 0 Å². The predicted octanol–water partition coefficient (Wildman–Crippen LogP) is 2.87. The van der Waals surface area contributed by atoms with E-state index in [9.17, 15) is 24.0 Å². The number of esters is 1. The Morgan fingerprint density at radius 3 is 2.32 bits per heavy atom. The third kappa shape index (κ3) is 6.09. The summed E-state index contributed by atoms with van der Waals surface area (Å²) >= 11 is 0. The van der Waals surface area contributed by atoms with Crippen LogP contribution in [0.25, 0.3) is 0 Å². The molecule has 1 saturated heterocycles. The minimum absolute atomic E-state index is 0.0388. The summed E-state index contributed by atoms with van der Waals surface area (Å²) in [5.74, 6) is -2.36. The van der Waals surface area contributed by atoms with E-state index in [4.69, 9.17) is 4.74 Å². The van der Waals surface area contributed by atoms with E-state index in [0.717, 1.165) is 6.42 Å². The molecule has 1 aliphatic heterocycles. The fourth-order valence-corrected chi connectivity index (χ4v) is 4.78. The summed E-state index contributed by atoms with van der Waals surface area (Å²) in [5.41, 5.74) is 0.418. The molecule has 2 amide bonds. The Kier molecular flexibility index (Phi) is 7.36. The van der Waals surface area contributed by atoms with E-state index in [-0.39, 0.29) is 54.5 Å². The molecule has 2 aliphatic rings. The van der Waals surface area contributed by atoms with Crippen molar-refractivity contribution in [1.82, 2.24) is 5.32 Å². The molecule has 31 heavy (non-hydrogen) atoms. The van der Waals surface area contributed by atoms with E-state index in [1.54, 1.807) is 30.3 Å². The van der Waals surface area contributed by atoms with Gasteiger partial charge in [0.15, 0.2) is 5.78 Å². The lowest BCUT2D eigenvalue weighted by molar-refractivity contribution is -0.156. The van der Waals surface area contributed by atoms with Crippen LogP contribution in [0, 0.1) is 23.7 Å². The molecule has 0 bridgehead atoms. The average Bonchev–Trinajstić information content (AvgIpc) is 2.70. The van der Waals surface area contributed by atoms with Gasteiger partial charge in [0.1, 0.15) is 18.3 Å². The summed E-state index contributed by atoms with van der Waals surface area (Å²) in [5, 5.41) is 2.27. The summed E-state index contributed by atoms with van der Waals surface area (Å²) < 4.78 is 5.70. The predicted molar refractivity (Wildman–Crippen MR) is 112 cm³/mol. The van der Waals surface area contributed by atoms with Crippen molar-refractivity contribution < 1.29 is 28.7 Å². The van der Waals surface area contributed by atoms with E-state index in [2.05, 4.69) is 12.2 Å². The number of ether oxygens (including phenoxy) is 1. The monoisotopic (exact) mass is 427 g/mol. The maximum Gasteiger partial charge on any atom is 0.313 e. The van der Waals surface area contributed by atoms with Gasteiger partial charge in [-0.15, -0.1) is 0 Å². The van der Waals surface area contributed by atoms with Gasteiger partial charge in [-0.25, -0.2) is 0 Å². The summed E-state index contributed by atoms with van der Waals surface area (Å²) in [6.45, 7) is 3.94. The Labute approximate surface area is 181 Å². The van der Waals surface area contributed by atoms with Crippen molar-refractivity contribution in [2.24, 2.45) is 23.7 Å². The second kappa shape index (κ2) is 9.98. The number of hydrogen-bond donors (Lipinski definition) is 1. The third-order valence-corrected chi connectivity index (χ3v) is 6.19. The van der Waals surface area contributed by atoms with Gasteiger partial charge in [0.2, 0.25) is 11.8 Å². The number of imide groups is 1. The molecule has 1 heterocycles. The molecule has 166 valence electrons. The molecule has 1 saturated carbocycles. The van der Waals surface area contributed by atoms with Gasteiger partial charge in [-0.3, -0.25) is 29.3 Å². The van der Waals surface area contributed by atoms with E-state index in [1.807, 2.05) is 6.92 Å².